The second-order valence-corrected chi connectivity index (χ2v) is 7.66. The number of ketones is 1. The SMILES string of the molecule is CCn1c(COc2ccc(C)cc2C)nnc1SCC(=O)c1cccc([N+](=O)[O-])c1. The number of carbonyl (C=O) groups excluding carboxylic acids is 1. The second kappa shape index (κ2) is 9.53. The fraction of sp³-hybridized carbons (Fsp3) is 0.286. The van der Waals surface area contributed by atoms with Gasteiger partial charge in [-0.2, -0.15) is 0 Å². The molecule has 0 atom stereocenters. The van der Waals surface area contributed by atoms with Crippen LogP contribution in [0.2, 0.25) is 0 Å². The lowest BCUT2D eigenvalue weighted by Gasteiger charge is -2.11. The molecular formula is C21H22N4O4S. The number of aryl methyl sites for hydroxylation is 2. The van der Waals surface area contributed by atoms with Crippen LogP contribution in [0.15, 0.2) is 47.6 Å². The van der Waals surface area contributed by atoms with Crippen molar-refractivity contribution in [2.75, 3.05) is 5.75 Å². The van der Waals surface area contributed by atoms with Gasteiger partial charge in [0.05, 0.1) is 10.7 Å². The molecule has 8 nitrogen and oxygen atoms in total. The van der Waals surface area contributed by atoms with Gasteiger partial charge in [-0.15, -0.1) is 10.2 Å². The van der Waals surface area contributed by atoms with Crippen molar-refractivity contribution < 1.29 is 14.5 Å². The van der Waals surface area contributed by atoms with E-state index in [-0.39, 0.29) is 23.8 Å². The Balaban J connectivity index is 1.66. The Morgan fingerprint density at radius 2 is 2.00 bits per heavy atom. The molecule has 0 aliphatic heterocycles. The number of benzene rings is 2. The number of rotatable bonds is 9. The first-order valence-corrected chi connectivity index (χ1v) is 10.4. The zero-order chi connectivity index (χ0) is 21.7. The summed E-state index contributed by atoms with van der Waals surface area (Å²) in [5.74, 6) is 1.36. The Hall–Kier alpha value is -3.20. The average Bonchev–Trinajstić information content (AvgIpc) is 3.13. The monoisotopic (exact) mass is 426 g/mol. The fourth-order valence-electron chi connectivity index (χ4n) is 2.96. The Labute approximate surface area is 178 Å². The fourth-order valence-corrected chi connectivity index (χ4v) is 3.88. The largest absolute Gasteiger partial charge is 0.485 e. The summed E-state index contributed by atoms with van der Waals surface area (Å²) in [5, 5.41) is 19.9. The number of non-ortho nitro benzene ring substituents is 1. The van der Waals surface area contributed by atoms with Gasteiger partial charge < -0.3 is 9.30 Å². The summed E-state index contributed by atoms with van der Waals surface area (Å²) in [6.45, 7) is 6.89. The number of nitro groups is 1. The molecular weight excluding hydrogens is 404 g/mol. The van der Waals surface area contributed by atoms with E-state index < -0.39 is 4.92 Å². The molecule has 1 aromatic heterocycles. The standard InChI is InChI=1S/C21H22N4O4S/c1-4-24-20(12-29-19-9-8-14(2)10-15(19)3)22-23-21(24)30-13-18(26)16-6-5-7-17(11-16)25(27)28/h5-11H,4,12-13H2,1-3H3. The highest BCUT2D eigenvalue weighted by molar-refractivity contribution is 7.99. The summed E-state index contributed by atoms with van der Waals surface area (Å²) in [6, 6.07) is 11.7. The number of thioether (sulfide) groups is 1. The van der Waals surface area contributed by atoms with E-state index in [1.165, 1.54) is 35.5 Å². The van der Waals surface area contributed by atoms with Gasteiger partial charge in [0, 0.05) is 24.2 Å². The molecule has 1 heterocycles. The smallest absolute Gasteiger partial charge is 0.270 e. The van der Waals surface area contributed by atoms with Crippen LogP contribution in [-0.2, 0) is 13.2 Å². The molecule has 0 bridgehead atoms. The number of hydrogen-bond acceptors (Lipinski definition) is 7. The minimum absolute atomic E-state index is 0.103. The number of nitro benzene ring substituents is 1. The third-order valence-corrected chi connectivity index (χ3v) is 5.47. The highest BCUT2D eigenvalue weighted by Gasteiger charge is 2.16. The first-order valence-electron chi connectivity index (χ1n) is 9.41. The van der Waals surface area contributed by atoms with Crippen LogP contribution in [0.3, 0.4) is 0 Å². The van der Waals surface area contributed by atoms with E-state index >= 15 is 0 Å². The lowest BCUT2D eigenvalue weighted by atomic mass is 10.1. The Morgan fingerprint density at radius 3 is 2.70 bits per heavy atom. The Bertz CT molecular complexity index is 1080. The molecule has 156 valence electrons. The first kappa shape index (κ1) is 21.5. The van der Waals surface area contributed by atoms with Crippen molar-refractivity contribution in [2.24, 2.45) is 0 Å². The predicted molar refractivity (Wildman–Crippen MR) is 114 cm³/mol. The maximum Gasteiger partial charge on any atom is 0.270 e. The van der Waals surface area contributed by atoms with E-state index in [0.29, 0.717) is 23.1 Å². The Morgan fingerprint density at radius 1 is 1.20 bits per heavy atom. The zero-order valence-corrected chi connectivity index (χ0v) is 17.8. The third-order valence-electron chi connectivity index (χ3n) is 4.51. The molecule has 0 spiro atoms. The van der Waals surface area contributed by atoms with E-state index in [4.69, 9.17) is 4.74 Å². The van der Waals surface area contributed by atoms with Crippen LogP contribution < -0.4 is 4.74 Å². The van der Waals surface area contributed by atoms with E-state index in [1.807, 2.05) is 37.5 Å². The van der Waals surface area contributed by atoms with Crippen molar-refractivity contribution in [3.8, 4) is 5.75 Å². The average molecular weight is 426 g/mol. The normalized spacial score (nSPS) is 10.8. The van der Waals surface area contributed by atoms with Crippen LogP contribution in [0.5, 0.6) is 5.75 Å². The van der Waals surface area contributed by atoms with Gasteiger partial charge in [0.1, 0.15) is 12.4 Å². The summed E-state index contributed by atoms with van der Waals surface area (Å²) >= 11 is 1.25. The van der Waals surface area contributed by atoms with Gasteiger partial charge in [0.2, 0.25) is 0 Å². The minimum atomic E-state index is -0.514. The molecule has 0 radical (unpaired) electrons. The van der Waals surface area contributed by atoms with Crippen molar-refractivity contribution in [1.82, 2.24) is 14.8 Å². The maximum absolute atomic E-state index is 12.4. The van der Waals surface area contributed by atoms with Gasteiger partial charge in [-0.05, 0) is 32.4 Å². The zero-order valence-electron chi connectivity index (χ0n) is 17.0. The van der Waals surface area contributed by atoms with Crippen molar-refractivity contribution >= 4 is 23.2 Å². The van der Waals surface area contributed by atoms with Crippen LogP contribution in [0.25, 0.3) is 0 Å². The lowest BCUT2D eigenvalue weighted by Crippen LogP contribution is -2.09. The quantitative estimate of drug-likeness (QED) is 0.217. The van der Waals surface area contributed by atoms with Crippen molar-refractivity contribution in [1.29, 1.82) is 0 Å². The summed E-state index contributed by atoms with van der Waals surface area (Å²) < 4.78 is 7.80. The first-order chi connectivity index (χ1) is 14.4. The summed E-state index contributed by atoms with van der Waals surface area (Å²) in [5.41, 5.74) is 2.42. The topological polar surface area (TPSA) is 100 Å². The molecule has 0 aliphatic rings. The summed E-state index contributed by atoms with van der Waals surface area (Å²) in [6.07, 6.45) is 0. The van der Waals surface area contributed by atoms with Gasteiger partial charge in [-0.1, -0.05) is 41.6 Å². The molecule has 0 amide bonds. The van der Waals surface area contributed by atoms with Crippen LogP contribution in [0.4, 0.5) is 5.69 Å². The number of carbonyl (C=O) groups is 1. The third kappa shape index (κ3) is 5.04. The highest BCUT2D eigenvalue weighted by Crippen LogP contribution is 2.23. The molecule has 0 unspecified atom stereocenters. The molecule has 0 saturated carbocycles. The van der Waals surface area contributed by atoms with E-state index in [0.717, 1.165) is 11.3 Å². The van der Waals surface area contributed by atoms with Crippen molar-refractivity contribution in [3.05, 3.63) is 75.1 Å². The van der Waals surface area contributed by atoms with Gasteiger partial charge >= 0.3 is 0 Å². The van der Waals surface area contributed by atoms with E-state index in [9.17, 15) is 14.9 Å². The number of nitrogens with zero attached hydrogens (tertiary/aromatic N) is 4. The van der Waals surface area contributed by atoms with Gasteiger partial charge in [0.15, 0.2) is 16.8 Å². The number of Topliss-reactive ketones (excluding diaryl/α,β-unsaturated/α-hetero) is 1. The predicted octanol–water partition coefficient (Wildman–Crippen LogP) is 4.38. The molecule has 0 aliphatic carbocycles. The minimum Gasteiger partial charge on any atom is -0.485 e. The number of hydrogen-bond donors (Lipinski definition) is 0. The Kier molecular flexibility index (Phi) is 6.83. The van der Waals surface area contributed by atoms with Crippen LogP contribution in [0, 0.1) is 24.0 Å². The van der Waals surface area contributed by atoms with E-state index in [1.54, 1.807) is 6.07 Å². The van der Waals surface area contributed by atoms with Gasteiger partial charge in [-0.25, -0.2) is 0 Å². The second-order valence-electron chi connectivity index (χ2n) is 6.72. The van der Waals surface area contributed by atoms with Gasteiger partial charge in [0.25, 0.3) is 5.69 Å². The number of ether oxygens (including phenoxy) is 1. The molecule has 30 heavy (non-hydrogen) atoms. The lowest BCUT2D eigenvalue weighted by molar-refractivity contribution is -0.384. The van der Waals surface area contributed by atoms with E-state index in [2.05, 4.69) is 16.3 Å². The molecule has 0 fully saturated rings. The molecule has 0 saturated heterocycles. The molecule has 9 heteroatoms. The van der Waals surface area contributed by atoms with Crippen molar-refractivity contribution in [3.63, 3.8) is 0 Å². The molecule has 0 N–H and O–H groups in total. The maximum atomic E-state index is 12.4. The van der Waals surface area contributed by atoms with Crippen LogP contribution >= 0.6 is 11.8 Å². The van der Waals surface area contributed by atoms with Crippen LogP contribution in [0.1, 0.15) is 34.2 Å². The molecule has 3 rings (SSSR count). The van der Waals surface area contributed by atoms with Crippen LogP contribution in [-0.4, -0.2) is 31.2 Å². The molecule has 2 aromatic carbocycles. The summed E-state index contributed by atoms with van der Waals surface area (Å²) in [4.78, 5) is 22.8. The summed E-state index contributed by atoms with van der Waals surface area (Å²) in [7, 11) is 0. The van der Waals surface area contributed by atoms with Crippen molar-refractivity contribution in [2.45, 2.75) is 39.1 Å². The highest BCUT2D eigenvalue weighted by atomic mass is 32.2. The van der Waals surface area contributed by atoms with Gasteiger partial charge in [-0.3, -0.25) is 14.9 Å². The molecule has 3 aromatic rings. The number of aromatic nitrogens is 3.